The van der Waals surface area contributed by atoms with Crippen LogP contribution in [0.5, 0.6) is 11.6 Å². The fourth-order valence-corrected chi connectivity index (χ4v) is 3.48. The third kappa shape index (κ3) is 6.80. The summed E-state index contributed by atoms with van der Waals surface area (Å²) in [5, 5.41) is 2.44. The zero-order chi connectivity index (χ0) is 24.8. The van der Waals surface area contributed by atoms with Gasteiger partial charge in [0.15, 0.2) is 0 Å². The van der Waals surface area contributed by atoms with E-state index in [4.69, 9.17) is 4.74 Å². The lowest BCUT2D eigenvalue weighted by molar-refractivity contribution is -0.137. The van der Waals surface area contributed by atoms with E-state index in [1.165, 1.54) is 18.2 Å². The van der Waals surface area contributed by atoms with Crippen molar-refractivity contribution in [2.75, 3.05) is 43.4 Å². The molecule has 3 aromatic rings. The first kappa shape index (κ1) is 24.2. The number of hydrogen-bond donors (Lipinski definition) is 1. The summed E-state index contributed by atoms with van der Waals surface area (Å²) in [4.78, 5) is 25.4. The number of hydrogen-bond acceptors (Lipinski definition) is 6. The maximum absolute atomic E-state index is 12.8. The Morgan fingerprint density at radius 3 is 2.60 bits per heavy atom. The SMILES string of the molecule is CN1CCN(c2nccc(Oc3cccc(/C=C/C(=O)Nc4cccc(C(F)(F)F)c4)c3)n2)CC1. The number of amides is 1. The summed E-state index contributed by atoms with van der Waals surface area (Å²) >= 11 is 0. The van der Waals surface area contributed by atoms with Crippen molar-refractivity contribution >= 4 is 23.6 Å². The second-order valence-electron chi connectivity index (χ2n) is 8.06. The Balaban J connectivity index is 1.39. The molecule has 35 heavy (non-hydrogen) atoms. The van der Waals surface area contributed by atoms with Crippen molar-refractivity contribution in [3.05, 3.63) is 78.0 Å². The van der Waals surface area contributed by atoms with E-state index in [2.05, 4.69) is 32.1 Å². The van der Waals surface area contributed by atoms with Crippen molar-refractivity contribution in [2.45, 2.75) is 6.18 Å². The number of aromatic nitrogens is 2. The molecule has 1 amide bonds. The number of piperazine rings is 1. The van der Waals surface area contributed by atoms with E-state index >= 15 is 0 Å². The minimum absolute atomic E-state index is 0.0616. The maximum Gasteiger partial charge on any atom is 0.416 e. The molecular weight excluding hydrogens is 459 g/mol. The summed E-state index contributed by atoms with van der Waals surface area (Å²) in [7, 11) is 2.08. The highest BCUT2D eigenvalue weighted by atomic mass is 19.4. The van der Waals surface area contributed by atoms with E-state index in [0.29, 0.717) is 23.1 Å². The van der Waals surface area contributed by atoms with E-state index in [1.54, 1.807) is 42.6 Å². The van der Waals surface area contributed by atoms with Gasteiger partial charge in [-0.05, 0) is 49.0 Å². The van der Waals surface area contributed by atoms with Gasteiger partial charge in [0.2, 0.25) is 17.7 Å². The highest BCUT2D eigenvalue weighted by molar-refractivity contribution is 6.02. The Morgan fingerprint density at radius 2 is 1.83 bits per heavy atom. The molecule has 10 heteroatoms. The molecule has 0 bridgehead atoms. The molecule has 0 spiro atoms. The monoisotopic (exact) mass is 483 g/mol. The summed E-state index contributed by atoms with van der Waals surface area (Å²) in [6.07, 6.45) is -0.0369. The van der Waals surface area contributed by atoms with Crippen LogP contribution in [0.1, 0.15) is 11.1 Å². The predicted molar refractivity (Wildman–Crippen MR) is 127 cm³/mol. The molecule has 1 aliphatic rings. The van der Waals surface area contributed by atoms with Crippen molar-refractivity contribution in [3.63, 3.8) is 0 Å². The van der Waals surface area contributed by atoms with E-state index in [1.807, 2.05) is 0 Å². The largest absolute Gasteiger partial charge is 0.439 e. The number of anilines is 2. The summed E-state index contributed by atoms with van der Waals surface area (Å²) in [6.45, 7) is 3.54. The molecule has 1 fully saturated rings. The van der Waals surface area contributed by atoms with Crippen molar-refractivity contribution in [2.24, 2.45) is 0 Å². The van der Waals surface area contributed by atoms with Gasteiger partial charge in [-0.25, -0.2) is 4.98 Å². The van der Waals surface area contributed by atoms with Crippen LogP contribution in [0.2, 0.25) is 0 Å². The van der Waals surface area contributed by atoms with Crippen LogP contribution >= 0.6 is 0 Å². The number of nitrogens with zero attached hydrogens (tertiary/aromatic N) is 4. The number of nitrogens with one attached hydrogen (secondary N) is 1. The minimum Gasteiger partial charge on any atom is -0.439 e. The Bertz CT molecular complexity index is 1210. The van der Waals surface area contributed by atoms with Gasteiger partial charge in [0.05, 0.1) is 5.56 Å². The second-order valence-corrected chi connectivity index (χ2v) is 8.06. The zero-order valence-corrected chi connectivity index (χ0v) is 19.0. The molecule has 2 aromatic carbocycles. The highest BCUT2D eigenvalue weighted by Crippen LogP contribution is 2.30. The van der Waals surface area contributed by atoms with Gasteiger partial charge in [-0.3, -0.25) is 4.79 Å². The van der Waals surface area contributed by atoms with Crippen molar-refractivity contribution < 1.29 is 22.7 Å². The van der Waals surface area contributed by atoms with Crippen LogP contribution in [-0.4, -0.2) is 54.0 Å². The van der Waals surface area contributed by atoms with E-state index < -0.39 is 17.6 Å². The van der Waals surface area contributed by atoms with Crippen LogP contribution in [-0.2, 0) is 11.0 Å². The van der Waals surface area contributed by atoms with Crippen LogP contribution < -0.4 is 15.0 Å². The first-order valence-corrected chi connectivity index (χ1v) is 11.0. The van der Waals surface area contributed by atoms with Crippen LogP contribution in [0.25, 0.3) is 6.08 Å². The Hall–Kier alpha value is -3.92. The van der Waals surface area contributed by atoms with Gasteiger partial charge >= 0.3 is 6.18 Å². The van der Waals surface area contributed by atoms with Gasteiger partial charge in [0, 0.05) is 50.2 Å². The zero-order valence-electron chi connectivity index (χ0n) is 19.0. The molecule has 0 saturated carbocycles. The third-order valence-electron chi connectivity index (χ3n) is 5.37. The molecular formula is C25H24F3N5O2. The number of alkyl halides is 3. The average Bonchev–Trinajstić information content (AvgIpc) is 2.83. The molecule has 1 saturated heterocycles. The standard InChI is InChI=1S/C25H24F3N5O2/c1-32-12-14-33(15-13-32)24-29-11-10-23(31-24)35-21-7-2-4-18(16-21)8-9-22(34)30-20-6-3-5-19(17-20)25(26,27)28/h2-11,16-17H,12-15H2,1H3,(H,30,34)/b9-8+. The van der Waals surface area contributed by atoms with E-state index in [-0.39, 0.29) is 5.69 Å². The van der Waals surface area contributed by atoms with Gasteiger partial charge < -0.3 is 19.9 Å². The number of rotatable bonds is 6. The van der Waals surface area contributed by atoms with E-state index in [9.17, 15) is 18.0 Å². The average molecular weight is 483 g/mol. The van der Waals surface area contributed by atoms with Gasteiger partial charge in [-0.1, -0.05) is 18.2 Å². The lowest BCUT2D eigenvalue weighted by Gasteiger charge is -2.32. The molecule has 0 aliphatic carbocycles. The van der Waals surface area contributed by atoms with Gasteiger partial charge in [-0.15, -0.1) is 0 Å². The molecule has 1 aliphatic heterocycles. The predicted octanol–water partition coefficient (Wildman–Crippen LogP) is 4.69. The lowest BCUT2D eigenvalue weighted by Crippen LogP contribution is -2.45. The quantitative estimate of drug-likeness (QED) is 0.513. The van der Waals surface area contributed by atoms with Crippen molar-refractivity contribution in [1.29, 1.82) is 0 Å². The smallest absolute Gasteiger partial charge is 0.416 e. The first-order chi connectivity index (χ1) is 16.8. The summed E-state index contributed by atoms with van der Waals surface area (Å²) in [5.74, 6) is 0.979. The van der Waals surface area contributed by atoms with Crippen molar-refractivity contribution in [1.82, 2.24) is 14.9 Å². The van der Waals surface area contributed by atoms with Gasteiger partial charge in [0.1, 0.15) is 5.75 Å². The first-order valence-electron chi connectivity index (χ1n) is 11.0. The van der Waals surface area contributed by atoms with Crippen LogP contribution in [0.3, 0.4) is 0 Å². The molecule has 1 aromatic heterocycles. The molecule has 0 radical (unpaired) electrons. The van der Waals surface area contributed by atoms with Crippen LogP contribution in [0.15, 0.2) is 66.9 Å². The topological polar surface area (TPSA) is 70.6 Å². The minimum atomic E-state index is -4.48. The third-order valence-corrected chi connectivity index (χ3v) is 5.37. The Kier molecular flexibility index (Phi) is 7.31. The van der Waals surface area contributed by atoms with Crippen molar-refractivity contribution in [3.8, 4) is 11.6 Å². The molecule has 2 heterocycles. The number of benzene rings is 2. The fourth-order valence-electron chi connectivity index (χ4n) is 3.48. The fraction of sp³-hybridized carbons (Fsp3) is 0.240. The maximum atomic E-state index is 12.8. The van der Waals surface area contributed by atoms with Gasteiger partial charge in [0.25, 0.3) is 0 Å². The summed E-state index contributed by atoms with van der Waals surface area (Å²) < 4.78 is 44.4. The van der Waals surface area contributed by atoms with Crippen LogP contribution in [0, 0.1) is 0 Å². The molecule has 0 unspecified atom stereocenters. The number of halogens is 3. The van der Waals surface area contributed by atoms with Crippen LogP contribution in [0.4, 0.5) is 24.8 Å². The Morgan fingerprint density at radius 1 is 1.06 bits per heavy atom. The molecule has 182 valence electrons. The Labute approximate surface area is 200 Å². The van der Waals surface area contributed by atoms with Gasteiger partial charge in [-0.2, -0.15) is 18.2 Å². The molecule has 7 nitrogen and oxygen atoms in total. The number of likely N-dealkylation sites (N-methyl/N-ethyl adjacent to an activating group) is 1. The van der Waals surface area contributed by atoms with E-state index in [0.717, 1.165) is 38.3 Å². The lowest BCUT2D eigenvalue weighted by atomic mass is 10.2. The molecule has 4 rings (SSSR count). The number of carbonyl (C=O) groups excluding carboxylic acids is 1. The highest BCUT2D eigenvalue weighted by Gasteiger charge is 2.30. The number of ether oxygens (including phenoxy) is 1. The molecule has 1 N–H and O–H groups in total. The normalized spacial score (nSPS) is 14.8. The number of carbonyl (C=O) groups is 1. The second kappa shape index (κ2) is 10.6. The summed E-state index contributed by atoms with van der Waals surface area (Å²) in [5.41, 5.74) is -0.0915. The molecule has 0 atom stereocenters. The summed E-state index contributed by atoms with van der Waals surface area (Å²) in [6, 6.07) is 13.2.